The molecular weight excluding hydrogens is 184 g/mol. The van der Waals surface area contributed by atoms with Gasteiger partial charge >= 0.3 is 0 Å². The van der Waals surface area contributed by atoms with Crippen LogP contribution in [0.25, 0.3) is 0 Å². The molecule has 0 amide bonds. The van der Waals surface area contributed by atoms with Crippen molar-refractivity contribution in [1.29, 1.82) is 0 Å². The van der Waals surface area contributed by atoms with Crippen LogP contribution >= 0.6 is 0 Å². The highest BCUT2D eigenvalue weighted by Gasteiger charge is 2.27. The molecule has 0 aromatic rings. The fraction of sp³-hybridized carbons (Fsp3) is 1.00. The van der Waals surface area contributed by atoms with Crippen molar-refractivity contribution in [1.82, 2.24) is 5.32 Å². The molecule has 14 heavy (non-hydrogen) atoms. The molecule has 0 aromatic carbocycles. The summed E-state index contributed by atoms with van der Waals surface area (Å²) in [6, 6.07) is 0.317. The first-order valence-electron chi connectivity index (χ1n) is 5.62. The van der Waals surface area contributed by atoms with Crippen LogP contribution in [0.15, 0.2) is 0 Å². The average molecular weight is 205 g/mol. The number of hydrogen-bond donors (Lipinski definition) is 1. The van der Waals surface area contributed by atoms with E-state index in [1.165, 1.54) is 19.3 Å². The zero-order valence-corrected chi connectivity index (χ0v) is 9.10. The molecule has 1 saturated carbocycles. The number of halogens is 2. The van der Waals surface area contributed by atoms with Crippen LogP contribution in [0.2, 0.25) is 0 Å². The van der Waals surface area contributed by atoms with Gasteiger partial charge in [-0.15, -0.1) is 0 Å². The van der Waals surface area contributed by atoms with Crippen molar-refractivity contribution < 1.29 is 8.78 Å². The lowest BCUT2D eigenvalue weighted by Crippen LogP contribution is -2.42. The summed E-state index contributed by atoms with van der Waals surface area (Å²) in [4.78, 5) is 0. The molecule has 1 rings (SSSR count). The Bertz CT molecular complexity index is 159. The smallest absolute Gasteiger partial charge is 0.250 e. The highest BCUT2D eigenvalue weighted by Crippen LogP contribution is 2.30. The van der Waals surface area contributed by atoms with E-state index in [4.69, 9.17) is 0 Å². The molecule has 84 valence electrons. The molecule has 1 aliphatic rings. The Hall–Kier alpha value is -0.180. The molecule has 3 heteroatoms. The molecule has 0 aliphatic heterocycles. The van der Waals surface area contributed by atoms with Gasteiger partial charge in [0, 0.05) is 6.04 Å². The summed E-state index contributed by atoms with van der Waals surface area (Å²) in [6.07, 6.45) is 2.48. The van der Waals surface area contributed by atoms with E-state index < -0.39 is 6.43 Å². The molecule has 2 atom stereocenters. The zero-order chi connectivity index (χ0) is 10.6. The number of rotatable bonds is 4. The Balaban J connectivity index is 2.38. The minimum atomic E-state index is -2.22. The van der Waals surface area contributed by atoms with Crippen LogP contribution in [0, 0.1) is 11.8 Å². The van der Waals surface area contributed by atoms with Gasteiger partial charge in [-0.05, 0) is 24.7 Å². The Morgan fingerprint density at radius 1 is 1.21 bits per heavy atom. The van der Waals surface area contributed by atoms with Crippen LogP contribution < -0.4 is 5.32 Å². The average Bonchev–Trinajstić information content (AvgIpc) is 2.15. The van der Waals surface area contributed by atoms with Crippen LogP contribution in [0.3, 0.4) is 0 Å². The summed E-state index contributed by atoms with van der Waals surface area (Å²) in [7, 11) is 0. The number of hydrogen-bond acceptors (Lipinski definition) is 1. The molecule has 1 N–H and O–H groups in total. The zero-order valence-electron chi connectivity index (χ0n) is 9.10. The topological polar surface area (TPSA) is 12.0 Å². The Morgan fingerprint density at radius 3 is 2.43 bits per heavy atom. The van der Waals surface area contributed by atoms with Gasteiger partial charge in [0.1, 0.15) is 0 Å². The molecule has 1 nitrogen and oxygen atoms in total. The van der Waals surface area contributed by atoms with Gasteiger partial charge in [-0.25, -0.2) is 8.78 Å². The molecule has 0 bridgehead atoms. The lowest BCUT2D eigenvalue weighted by Gasteiger charge is -2.35. The highest BCUT2D eigenvalue weighted by molar-refractivity contribution is 4.82. The van der Waals surface area contributed by atoms with Crippen LogP contribution in [0.4, 0.5) is 8.78 Å². The lowest BCUT2D eigenvalue weighted by atomic mass is 9.78. The maximum absolute atomic E-state index is 12.1. The summed E-state index contributed by atoms with van der Waals surface area (Å²) < 4.78 is 24.1. The molecule has 1 aliphatic carbocycles. The Kier molecular flexibility index (Phi) is 4.79. The Labute approximate surface area is 85.3 Å². The standard InChI is InChI=1S/C11H21F2N/c1-8(2)9-5-3-4-6-10(9)14-7-11(12)13/h8-11,14H,3-7H2,1-2H3. The molecule has 0 spiro atoms. The van der Waals surface area contributed by atoms with E-state index >= 15 is 0 Å². The third-order valence-electron chi connectivity index (χ3n) is 3.21. The molecule has 0 radical (unpaired) electrons. The van der Waals surface area contributed by atoms with Crippen molar-refractivity contribution >= 4 is 0 Å². The summed E-state index contributed by atoms with van der Waals surface area (Å²) >= 11 is 0. The highest BCUT2D eigenvalue weighted by atomic mass is 19.3. The second-order valence-corrected chi connectivity index (χ2v) is 4.60. The van der Waals surface area contributed by atoms with Crippen LogP contribution in [0.1, 0.15) is 39.5 Å². The fourth-order valence-electron chi connectivity index (χ4n) is 2.45. The van der Waals surface area contributed by atoms with Crippen molar-refractivity contribution in [3.05, 3.63) is 0 Å². The second kappa shape index (κ2) is 5.64. The molecule has 0 saturated heterocycles. The van der Waals surface area contributed by atoms with Crippen LogP contribution in [0.5, 0.6) is 0 Å². The SMILES string of the molecule is CC(C)C1CCCCC1NCC(F)F. The van der Waals surface area contributed by atoms with Gasteiger partial charge in [0.05, 0.1) is 6.54 Å². The largest absolute Gasteiger partial charge is 0.308 e. The van der Waals surface area contributed by atoms with E-state index in [1.807, 2.05) is 0 Å². The molecule has 0 aromatic heterocycles. The van der Waals surface area contributed by atoms with Crippen molar-refractivity contribution in [3.63, 3.8) is 0 Å². The van der Waals surface area contributed by atoms with Gasteiger partial charge in [-0.1, -0.05) is 26.7 Å². The minimum absolute atomic E-state index is 0.145. The van der Waals surface area contributed by atoms with Gasteiger partial charge in [-0.3, -0.25) is 0 Å². The first-order chi connectivity index (χ1) is 6.61. The monoisotopic (exact) mass is 205 g/mol. The first kappa shape index (κ1) is 11.9. The minimum Gasteiger partial charge on any atom is -0.308 e. The van der Waals surface area contributed by atoms with Gasteiger partial charge < -0.3 is 5.32 Å². The van der Waals surface area contributed by atoms with Gasteiger partial charge in [-0.2, -0.15) is 0 Å². The maximum Gasteiger partial charge on any atom is 0.250 e. The van der Waals surface area contributed by atoms with E-state index in [0.717, 1.165) is 6.42 Å². The summed E-state index contributed by atoms with van der Waals surface area (Å²) in [5.41, 5.74) is 0. The fourth-order valence-corrected chi connectivity index (χ4v) is 2.45. The predicted octanol–water partition coefficient (Wildman–Crippen LogP) is 3.06. The predicted molar refractivity (Wildman–Crippen MR) is 54.6 cm³/mol. The summed E-state index contributed by atoms with van der Waals surface area (Å²) in [5, 5.41) is 3.00. The van der Waals surface area contributed by atoms with Crippen molar-refractivity contribution in [2.75, 3.05) is 6.54 Å². The van der Waals surface area contributed by atoms with E-state index in [2.05, 4.69) is 19.2 Å². The quantitative estimate of drug-likeness (QED) is 0.743. The van der Waals surface area contributed by atoms with Gasteiger partial charge in [0.25, 0.3) is 6.43 Å². The van der Waals surface area contributed by atoms with Crippen molar-refractivity contribution in [3.8, 4) is 0 Å². The van der Waals surface area contributed by atoms with E-state index in [0.29, 0.717) is 17.9 Å². The molecule has 1 fully saturated rings. The number of nitrogens with one attached hydrogen (secondary N) is 1. The lowest BCUT2D eigenvalue weighted by molar-refractivity contribution is 0.122. The summed E-state index contributed by atoms with van der Waals surface area (Å²) in [5.74, 6) is 1.19. The first-order valence-corrected chi connectivity index (χ1v) is 5.62. The van der Waals surface area contributed by atoms with Crippen LogP contribution in [-0.4, -0.2) is 19.0 Å². The normalized spacial score (nSPS) is 28.7. The van der Waals surface area contributed by atoms with E-state index in [-0.39, 0.29) is 6.54 Å². The third kappa shape index (κ3) is 3.52. The van der Waals surface area contributed by atoms with Gasteiger partial charge in [0.15, 0.2) is 0 Å². The molecule has 0 heterocycles. The van der Waals surface area contributed by atoms with E-state index in [1.54, 1.807) is 0 Å². The number of alkyl halides is 2. The summed E-state index contributed by atoms with van der Waals surface area (Å²) in [6.45, 7) is 4.23. The molecule has 2 unspecified atom stereocenters. The Morgan fingerprint density at radius 2 is 1.86 bits per heavy atom. The maximum atomic E-state index is 12.1. The van der Waals surface area contributed by atoms with Gasteiger partial charge in [0.2, 0.25) is 0 Å². The van der Waals surface area contributed by atoms with Crippen molar-refractivity contribution in [2.24, 2.45) is 11.8 Å². The van der Waals surface area contributed by atoms with Crippen LogP contribution in [-0.2, 0) is 0 Å². The molecular formula is C11H21F2N. The van der Waals surface area contributed by atoms with E-state index in [9.17, 15) is 8.78 Å². The van der Waals surface area contributed by atoms with Crippen molar-refractivity contribution in [2.45, 2.75) is 52.0 Å². The second-order valence-electron chi connectivity index (χ2n) is 4.60. The third-order valence-corrected chi connectivity index (χ3v) is 3.21.